The highest BCUT2D eigenvalue weighted by Gasteiger charge is 2.18. The molecule has 0 saturated heterocycles. The minimum atomic E-state index is 0.585. The van der Waals surface area contributed by atoms with Gasteiger partial charge < -0.3 is 4.57 Å². The van der Waals surface area contributed by atoms with Crippen molar-refractivity contribution < 1.29 is 0 Å². The third-order valence-corrected chi connectivity index (χ3v) is 4.78. The van der Waals surface area contributed by atoms with Crippen LogP contribution >= 0.6 is 22.9 Å². The molecular weight excluding hydrogens is 304 g/mol. The number of thiophene rings is 1. The monoisotopic (exact) mass is 322 g/mol. The van der Waals surface area contributed by atoms with Gasteiger partial charge in [0.05, 0.1) is 12.2 Å². The van der Waals surface area contributed by atoms with Crippen LogP contribution in [0, 0.1) is 13.8 Å². The first kappa shape index (κ1) is 14.6. The Hall–Kier alpha value is -1.33. The fraction of sp³-hybridized carbons (Fsp3) is 0.467. The van der Waals surface area contributed by atoms with Crippen LogP contribution in [-0.4, -0.2) is 25.2 Å². The van der Waals surface area contributed by atoms with Crippen LogP contribution in [0.5, 0.6) is 0 Å². The number of fused-ring (bicyclic) bond motifs is 1. The third kappa shape index (κ3) is 2.60. The summed E-state index contributed by atoms with van der Waals surface area (Å²) < 4.78 is 4.31. The van der Waals surface area contributed by atoms with Crippen molar-refractivity contribution in [3.05, 3.63) is 33.4 Å². The highest BCUT2D eigenvalue weighted by Crippen LogP contribution is 2.24. The summed E-state index contributed by atoms with van der Waals surface area (Å²) in [6.45, 7) is 7.95. The predicted octanol–water partition coefficient (Wildman–Crippen LogP) is 3.76. The molecule has 112 valence electrons. The lowest BCUT2D eigenvalue weighted by molar-refractivity contribution is 0.637. The average molecular weight is 323 g/mol. The molecule has 0 aliphatic heterocycles. The van der Waals surface area contributed by atoms with Crippen molar-refractivity contribution in [3.63, 3.8) is 0 Å². The second-order valence-corrected chi connectivity index (χ2v) is 6.89. The maximum Gasteiger partial charge on any atom is 0.159 e. The molecule has 3 aromatic heterocycles. The fourth-order valence-electron chi connectivity index (χ4n) is 2.66. The van der Waals surface area contributed by atoms with Gasteiger partial charge in [-0.15, -0.1) is 22.9 Å². The molecule has 3 heterocycles. The largest absolute Gasteiger partial charge is 0.308 e. The van der Waals surface area contributed by atoms with Crippen LogP contribution in [0.1, 0.15) is 28.2 Å². The van der Waals surface area contributed by atoms with Gasteiger partial charge in [-0.3, -0.25) is 0 Å². The summed E-state index contributed by atoms with van der Waals surface area (Å²) in [5, 5.41) is 4.58. The molecule has 0 amide bonds. The predicted molar refractivity (Wildman–Crippen MR) is 88.5 cm³/mol. The van der Waals surface area contributed by atoms with E-state index >= 15 is 0 Å². The van der Waals surface area contributed by atoms with Gasteiger partial charge in [0.15, 0.2) is 5.65 Å². The first-order valence-electron chi connectivity index (χ1n) is 7.17. The van der Waals surface area contributed by atoms with Gasteiger partial charge in [-0.1, -0.05) is 0 Å². The first-order valence-corrected chi connectivity index (χ1v) is 8.53. The second kappa shape index (κ2) is 5.81. The molecular formula is C15H19ClN4S. The van der Waals surface area contributed by atoms with Crippen molar-refractivity contribution in [2.24, 2.45) is 0 Å². The average Bonchev–Trinajstić information content (AvgIpc) is 3.10. The Morgan fingerprint density at radius 2 is 2.10 bits per heavy atom. The summed E-state index contributed by atoms with van der Waals surface area (Å²) in [7, 11) is 0. The van der Waals surface area contributed by atoms with Crippen LogP contribution in [0.4, 0.5) is 0 Å². The normalized spacial score (nSPS) is 11.6. The summed E-state index contributed by atoms with van der Waals surface area (Å²) in [5.74, 6) is 1.63. The van der Waals surface area contributed by atoms with E-state index in [1.165, 1.54) is 9.75 Å². The topological polar surface area (TPSA) is 35.6 Å². The molecule has 3 aromatic rings. The van der Waals surface area contributed by atoms with Crippen molar-refractivity contribution in [2.45, 2.75) is 40.3 Å². The number of nitrogens with zero attached hydrogens (tertiary/aromatic N) is 4. The van der Waals surface area contributed by atoms with Gasteiger partial charge in [0.1, 0.15) is 11.3 Å². The van der Waals surface area contributed by atoms with Gasteiger partial charge in [-0.2, -0.15) is 5.10 Å². The highest BCUT2D eigenvalue weighted by atomic mass is 35.5. The van der Waals surface area contributed by atoms with E-state index in [-0.39, 0.29) is 0 Å². The smallest absolute Gasteiger partial charge is 0.159 e. The number of imidazole rings is 1. The van der Waals surface area contributed by atoms with Crippen molar-refractivity contribution in [1.82, 2.24) is 19.3 Å². The van der Waals surface area contributed by atoms with Crippen molar-refractivity contribution in [2.75, 3.05) is 5.88 Å². The van der Waals surface area contributed by atoms with E-state index in [1.54, 1.807) is 0 Å². The Morgan fingerprint density at radius 3 is 2.71 bits per heavy atom. The molecule has 4 nitrogen and oxygen atoms in total. The van der Waals surface area contributed by atoms with Gasteiger partial charge in [-0.05, 0) is 32.9 Å². The number of alkyl halides is 1. The molecule has 3 rings (SSSR count). The fourth-order valence-corrected chi connectivity index (χ4v) is 3.71. The van der Waals surface area contributed by atoms with Gasteiger partial charge in [-0.25, -0.2) is 9.67 Å². The summed E-state index contributed by atoms with van der Waals surface area (Å²) in [5.41, 5.74) is 3.11. The van der Waals surface area contributed by atoms with E-state index < -0.39 is 0 Å². The zero-order valence-corrected chi connectivity index (χ0v) is 14.1. The molecule has 0 saturated carbocycles. The van der Waals surface area contributed by atoms with Crippen LogP contribution in [0.15, 0.2) is 12.1 Å². The highest BCUT2D eigenvalue weighted by molar-refractivity contribution is 7.11. The molecule has 0 atom stereocenters. The molecule has 0 spiro atoms. The van der Waals surface area contributed by atoms with Crippen LogP contribution in [0.2, 0.25) is 0 Å². The summed E-state index contributed by atoms with van der Waals surface area (Å²) in [4.78, 5) is 7.44. The van der Waals surface area contributed by atoms with E-state index in [0.29, 0.717) is 5.88 Å². The molecule has 0 unspecified atom stereocenters. The minimum Gasteiger partial charge on any atom is -0.308 e. The minimum absolute atomic E-state index is 0.585. The van der Waals surface area contributed by atoms with Crippen molar-refractivity contribution >= 4 is 34.1 Å². The molecule has 21 heavy (non-hydrogen) atoms. The molecule has 6 heteroatoms. The standard InChI is InChI=1S/C15H19ClN4S/c1-4-20-15-14(11(3)18-20)17-13(7-8-16)19(15)9-12-6-5-10(2)21-12/h5-6H,4,7-9H2,1-3H3. The zero-order chi connectivity index (χ0) is 15.0. The summed E-state index contributed by atoms with van der Waals surface area (Å²) in [6, 6.07) is 4.35. The number of halogens is 1. The lowest BCUT2D eigenvalue weighted by Crippen LogP contribution is -2.09. The second-order valence-electron chi connectivity index (χ2n) is 5.14. The number of aromatic nitrogens is 4. The Bertz CT molecular complexity index is 768. The molecule has 0 fully saturated rings. The molecule has 0 aliphatic rings. The van der Waals surface area contributed by atoms with E-state index in [0.717, 1.165) is 42.2 Å². The maximum absolute atomic E-state index is 5.95. The summed E-state index contributed by atoms with van der Waals surface area (Å²) >= 11 is 7.78. The Kier molecular flexibility index (Phi) is 4.04. The van der Waals surface area contributed by atoms with Crippen LogP contribution in [0.3, 0.4) is 0 Å². The SMILES string of the molecule is CCn1nc(C)c2nc(CCCl)n(Cc3ccc(C)s3)c21. The van der Waals surface area contributed by atoms with Gasteiger partial charge >= 0.3 is 0 Å². The lowest BCUT2D eigenvalue weighted by atomic mass is 10.4. The first-order chi connectivity index (χ1) is 10.1. The third-order valence-electron chi connectivity index (χ3n) is 3.61. The van der Waals surface area contributed by atoms with Crippen LogP contribution < -0.4 is 0 Å². The molecule has 0 radical (unpaired) electrons. The molecule has 0 N–H and O–H groups in total. The van der Waals surface area contributed by atoms with Crippen LogP contribution in [-0.2, 0) is 19.5 Å². The lowest BCUT2D eigenvalue weighted by Gasteiger charge is -2.08. The Labute approximate surface area is 133 Å². The van der Waals surface area contributed by atoms with E-state index in [4.69, 9.17) is 16.6 Å². The zero-order valence-electron chi connectivity index (χ0n) is 12.6. The molecule has 0 aliphatic carbocycles. The maximum atomic E-state index is 5.95. The van der Waals surface area contributed by atoms with Gasteiger partial charge in [0.25, 0.3) is 0 Å². The number of hydrogen-bond acceptors (Lipinski definition) is 3. The molecule has 0 aromatic carbocycles. The van der Waals surface area contributed by atoms with E-state index in [2.05, 4.69) is 35.6 Å². The number of hydrogen-bond donors (Lipinski definition) is 0. The number of aryl methyl sites for hydroxylation is 4. The van der Waals surface area contributed by atoms with Gasteiger partial charge in [0.2, 0.25) is 0 Å². The van der Waals surface area contributed by atoms with Crippen molar-refractivity contribution in [1.29, 1.82) is 0 Å². The summed E-state index contributed by atoms with van der Waals surface area (Å²) in [6.07, 6.45) is 0.781. The Morgan fingerprint density at radius 1 is 1.29 bits per heavy atom. The quantitative estimate of drug-likeness (QED) is 0.670. The van der Waals surface area contributed by atoms with E-state index in [1.807, 2.05) is 22.9 Å². The molecule has 0 bridgehead atoms. The van der Waals surface area contributed by atoms with E-state index in [9.17, 15) is 0 Å². The Balaban J connectivity index is 2.14. The number of rotatable bonds is 5. The van der Waals surface area contributed by atoms with Crippen molar-refractivity contribution in [3.8, 4) is 0 Å². The van der Waals surface area contributed by atoms with Gasteiger partial charge in [0, 0.05) is 28.6 Å². The van der Waals surface area contributed by atoms with Crippen LogP contribution in [0.25, 0.3) is 11.2 Å².